The van der Waals surface area contributed by atoms with Gasteiger partial charge in [-0.3, -0.25) is 5.10 Å². The molecule has 2 aromatic rings. The smallest absolute Gasteiger partial charge is 0.317 e. The number of aromatic nitrogens is 2. The number of halogens is 2. The molecule has 7 heteroatoms. The van der Waals surface area contributed by atoms with Crippen molar-refractivity contribution in [1.29, 1.82) is 0 Å². The Labute approximate surface area is 138 Å². The van der Waals surface area contributed by atoms with Crippen molar-refractivity contribution >= 4 is 17.6 Å². The van der Waals surface area contributed by atoms with Gasteiger partial charge < -0.3 is 10.2 Å². The molecule has 3 rings (SSSR count). The first-order valence-corrected chi connectivity index (χ1v) is 7.97. The minimum atomic E-state index is -0.407. The summed E-state index contributed by atoms with van der Waals surface area (Å²) in [7, 11) is 0. The molecule has 2 N–H and O–H groups in total. The number of likely N-dealkylation sites (tertiary alicyclic amines) is 1. The lowest BCUT2D eigenvalue weighted by atomic mass is 9.94. The maximum absolute atomic E-state index is 13.7. The molecular formula is C16H18ClFN4O. The van der Waals surface area contributed by atoms with E-state index in [1.807, 2.05) is 6.07 Å². The predicted octanol–water partition coefficient (Wildman–Crippen LogP) is 3.29. The Kier molecular flexibility index (Phi) is 4.81. The van der Waals surface area contributed by atoms with Crippen molar-refractivity contribution in [2.45, 2.75) is 25.3 Å². The van der Waals surface area contributed by atoms with E-state index in [0.29, 0.717) is 29.6 Å². The Bertz CT molecular complexity index is 669. The van der Waals surface area contributed by atoms with E-state index in [1.54, 1.807) is 23.2 Å². The van der Waals surface area contributed by atoms with Gasteiger partial charge in [-0.05, 0) is 31.0 Å². The van der Waals surface area contributed by atoms with Gasteiger partial charge in [-0.2, -0.15) is 5.10 Å². The number of nitrogens with zero attached hydrogens (tertiary/aromatic N) is 2. The molecule has 2 amide bonds. The molecule has 0 saturated carbocycles. The number of nitrogens with one attached hydrogen (secondary N) is 2. The average molecular weight is 337 g/mol. The number of benzene rings is 1. The molecule has 1 fully saturated rings. The van der Waals surface area contributed by atoms with Crippen LogP contribution in [0.5, 0.6) is 0 Å². The normalized spacial score (nSPS) is 15.7. The molecule has 122 valence electrons. The SMILES string of the molecule is O=C(NCc1ccc(Cl)cc1F)N1CCC(c2ccn[nH]2)CC1. The highest BCUT2D eigenvalue weighted by Crippen LogP contribution is 2.26. The van der Waals surface area contributed by atoms with E-state index < -0.39 is 5.82 Å². The molecule has 0 atom stereocenters. The van der Waals surface area contributed by atoms with Gasteiger partial charge in [0.25, 0.3) is 0 Å². The third kappa shape index (κ3) is 3.82. The van der Waals surface area contributed by atoms with Crippen LogP contribution < -0.4 is 5.32 Å². The zero-order valence-corrected chi connectivity index (χ0v) is 13.3. The zero-order chi connectivity index (χ0) is 16.2. The Morgan fingerprint density at radius 2 is 2.17 bits per heavy atom. The summed E-state index contributed by atoms with van der Waals surface area (Å²) >= 11 is 5.71. The van der Waals surface area contributed by atoms with E-state index >= 15 is 0 Å². The van der Waals surface area contributed by atoms with Crippen molar-refractivity contribution in [2.75, 3.05) is 13.1 Å². The lowest BCUT2D eigenvalue weighted by Crippen LogP contribution is -2.43. The summed E-state index contributed by atoms with van der Waals surface area (Å²) in [5.74, 6) is 0.00557. The number of aromatic amines is 1. The highest BCUT2D eigenvalue weighted by Gasteiger charge is 2.24. The monoisotopic (exact) mass is 336 g/mol. The fourth-order valence-corrected chi connectivity index (χ4v) is 2.99. The topological polar surface area (TPSA) is 61.0 Å². The number of piperidine rings is 1. The van der Waals surface area contributed by atoms with Gasteiger partial charge in [0.1, 0.15) is 5.82 Å². The number of carbonyl (C=O) groups is 1. The number of H-pyrrole nitrogens is 1. The van der Waals surface area contributed by atoms with Crippen molar-refractivity contribution in [3.05, 3.63) is 52.6 Å². The van der Waals surface area contributed by atoms with Crippen LogP contribution in [0.25, 0.3) is 0 Å². The molecule has 0 radical (unpaired) electrons. The van der Waals surface area contributed by atoms with E-state index in [4.69, 9.17) is 11.6 Å². The van der Waals surface area contributed by atoms with Crippen LogP contribution in [0.4, 0.5) is 9.18 Å². The molecule has 1 aromatic heterocycles. The van der Waals surface area contributed by atoms with E-state index in [9.17, 15) is 9.18 Å². The lowest BCUT2D eigenvalue weighted by molar-refractivity contribution is 0.180. The molecule has 0 bridgehead atoms. The van der Waals surface area contributed by atoms with Crippen LogP contribution in [0.3, 0.4) is 0 Å². The van der Waals surface area contributed by atoms with Crippen LogP contribution >= 0.6 is 11.6 Å². The Morgan fingerprint density at radius 3 is 2.83 bits per heavy atom. The fraction of sp³-hybridized carbons (Fsp3) is 0.375. The van der Waals surface area contributed by atoms with Crippen molar-refractivity contribution in [3.63, 3.8) is 0 Å². The van der Waals surface area contributed by atoms with Gasteiger partial charge in [0.05, 0.1) is 0 Å². The summed E-state index contributed by atoms with van der Waals surface area (Å²) in [6.07, 6.45) is 3.53. The van der Waals surface area contributed by atoms with Crippen molar-refractivity contribution in [1.82, 2.24) is 20.4 Å². The Morgan fingerprint density at radius 1 is 1.39 bits per heavy atom. The molecule has 1 aromatic carbocycles. The van der Waals surface area contributed by atoms with Gasteiger partial charge in [0, 0.05) is 48.0 Å². The number of amides is 2. The number of rotatable bonds is 3. The van der Waals surface area contributed by atoms with Gasteiger partial charge >= 0.3 is 6.03 Å². The first kappa shape index (κ1) is 15.8. The lowest BCUT2D eigenvalue weighted by Gasteiger charge is -2.31. The van der Waals surface area contributed by atoms with Crippen molar-refractivity contribution in [2.24, 2.45) is 0 Å². The molecule has 0 aliphatic carbocycles. The van der Waals surface area contributed by atoms with Crippen LogP contribution in [0.2, 0.25) is 5.02 Å². The van der Waals surface area contributed by atoms with Crippen LogP contribution in [0.15, 0.2) is 30.5 Å². The number of hydrogen-bond acceptors (Lipinski definition) is 2. The maximum Gasteiger partial charge on any atom is 0.317 e. The number of hydrogen-bond donors (Lipinski definition) is 2. The second-order valence-electron chi connectivity index (χ2n) is 5.67. The first-order chi connectivity index (χ1) is 11.1. The maximum atomic E-state index is 13.7. The largest absolute Gasteiger partial charge is 0.334 e. The van der Waals surface area contributed by atoms with Crippen LogP contribution in [-0.4, -0.2) is 34.2 Å². The molecule has 1 saturated heterocycles. The molecule has 0 spiro atoms. The molecule has 23 heavy (non-hydrogen) atoms. The number of carbonyl (C=O) groups excluding carboxylic acids is 1. The fourth-order valence-electron chi connectivity index (χ4n) is 2.84. The third-order valence-corrected chi connectivity index (χ3v) is 4.42. The second kappa shape index (κ2) is 7.00. The minimum absolute atomic E-state index is 0.155. The molecular weight excluding hydrogens is 319 g/mol. The summed E-state index contributed by atoms with van der Waals surface area (Å²) in [5.41, 5.74) is 1.54. The van der Waals surface area contributed by atoms with E-state index in [-0.39, 0.29) is 12.6 Å². The van der Waals surface area contributed by atoms with E-state index in [2.05, 4.69) is 15.5 Å². The summed E-state index contributed by atoms with van der Waals surface area (Å²) in [4.78, 5) is 14.0. The van der Waals surface area contributed by atoms with E-state index in [1.165, 1.54) is 6.07 Å². The summed E-state index contributed by atoms with van der Waals surface area (Å²) in [6.45, 7) is 1.51. The van der Waals surface area contributed by atoms with Gasteiger partial charge in [-0.1, -0.05) is 17.7 Å². The summed E-state index contributed by atoms with van der Waals surface area (Å²) in [5, 5.41) is 10.1. The highest BCUT2D eigenvalue weighted by molar-refractivity contribution is 6.30. The van der Waals surface area contributed by atoms with Gasteiger partial charge in [0.15, 0.2) is 0 Å². The molecule has 1 aliphatic heterocycles. The van der Waals surface area contributed by atoms with Crippen LogP contribution in [0.1, 0.15) is 30.0 Å². The number of urea groups is 1. The van der Waals surface area contributed by atoms with Gasteiger partial charge in [-0.15, -0.1) is 0 Å². The van der Waals surface area contributed by atoms with Gasteiger partial charge in [-0.25, -0.2) is 9.18 Å². The average Bonchev–Trinajstić information content (AvgIpc) is 3.08. The van der Waals surface area contributed by atoms with Crippen molar-refractivity contribution in [3.8, 4) is 0 Å². The van der Waals surface area contributed by atoms with Gasteiger partial charge in [0.2, 0.25) is 0 Å². The minimum Gasteiger partial charge on any atom is -0.334 e. The molecule has 5 nitrogen and oxygen atoms in total. The molecule has 2 heterocycles. The quantitative estimate of drug-likeness (QED) is 0.903. The Hall–Kier alpha value is -2.08. The first-order valence-electron chi connectivity index (χ1n) is 7.59. The standard InChI is InChI=1S/C16H18ClFN4O/c17-13-2-1-12(14(18)9-13)10-19-16(23)22-7-4-11(5-8-22)15-3-6-20-21-15/h1-3,6,9,11H,4-5,7-8,10H2,(H,19,23)(H,20,21). The predicted molar refractivity (Wildman–Crippen MR) is 85.8 cm³/mol. The second-order valence-corrected chi connectivity index (χ2v) is 6.10. The van der Waals surface area contributed by atoms with Crippen LogP contribution in [0, 0.1) is 5.82 Å². The van der Waals surface area contributed by atoms with Crippen molar-refractivity contribution < 1.29 is 9.18 Å². The zero-order valence-electron chi connectivity index (χ0n) is 12.6. The summed E-state index contributed by atoms with van der Waals surface area (Å²) in [6, 6.07) is 6.26. The summed E-state index contributed by atoms with van der Waals surface area (Å²) < 4.78 is 13.7. The molecule has 0 unspecified atom stereocenters. The Balaban J connectivity index is 1.50. The third-order valence-electron chi connectivity index (χ3n) is 4.19. The van der Waals surface area contributed by atoms with E-state index in [0.717, 1.165) is 18.5 Å². The highest BCUT2D eigenvalue weighted by atomic mass is 35.5. The molecule has 1 aliphatic rings. The van der Waals surface area contributed by atoms with Crippen LogP contribution in [-0.2, 0) is 6.54 Å².